The summed E-state index contributed by atoms with van der Waals surface area (Å²) < 4.78 is 6.38. The standard InChI is InChI=1S/C10H10N4O3/c1-17-8-5-3-2-4-7(8)10-11-12-13-14(10)6-9(15)16/h2-5H,6H2,1H3,(H,15,16). The van der Waals surface area contributed by atoms with Gasteiger partial charge in [0, 0.05) is 0 Å². The molecule has 7 nitrogen and oxygen atoms in total. The molecule has 0 aliphatic rings. The molecule has 0 aliphatic heterocycles. The lowest BCUT2D eigenvalue weighted by molar-refractivity contribution is -0.137. The van der Waals surface area contributed by atoms with Crippen molar-refractivity contribution in [1.29, 1.82) is 0 Å². The van der Waals surface area contributed by atoms with Gasteiger partial charge < -0.3 is 9.84 Å². The lowest BCUT2D eigenvalue weighted by Crippen LogP contribution is -2.11. The van der Waals surface area contributed by atoms with E-state index in [2.05, 4.69) is 15.5 Å². The van der Waals surface area contributed by atoms with Crippen LogP contribution in [0.4, 0.5) is 0 Å². The van der Waals surface area contributed by atoms with E-state index in [1.54, 1.807) is 18.2 Å². The first-order valence-electron chi connectivity index (χ1n) is 4.83. The fourth-order valence-electron chi connectivity index (χ4n) is 1.46. The molecule has 1 N–H and O–H groups in total. The van der Waals surface area contributed by atoms with Crippen LogP contribution in [0.3, 0.4) is 0 Å². The quantitative estimate of drug-likeness (QED) is 0.825. The largest absolute Gasteiger partial charge is 0.496 e. The highest BCUT2D eigenvalue weighted by Crippen LogP contribution is 2.26. The van der Waals surface area contributed by atoms with Crippen molar-refractivity contribution in [2.75, 3.05) is 7.11 Å². The van der Waals surface area contributed by atoms with Gasteiger partial charge in [0.2, 0.25) is 0 Å². The van der Waals surface area contributed by atoms with Crippen molar-refractivity contribution in [2.24, 2.45) is 0 Å². The van der Waals surface area contributed by atoms with E-state index in [4.69, 9.17) is 9.84 Å². The van der Waals surface area contributed by atoms with Crippen LogP contribution in [0.15, 0.2) is 24.3 Å². The number of para-hydroxylation sites is 1. The summed E-state index contributed by atoms with van der Waals surface area (Å²) >= 11 is 0. The number of ether oxygens (including phenoxy) is 1. The number of carboxylic acid groups (broad SMARTS) is 1. The molecular weight excluding hydrogens is 224 g/mol. The smallest absolute Gasteiger partial charge is 0.325 e. The van der Waals surface area contributed by atoms with Gasteiger partial charge in [-0.1, -0.05) is 12.1 Å². The predicted molar refractivity (Wildman–Crippen MR) is 57.4 cm³/mol. The van der Waals surface area contributed by atoms with Crippen LogP contribution in [0.2, 0.25) is 0 Å². The number of rotatable bonds is 4. The molecule has 88 valence electrons. The van der Waals surface area contributed by atoms with Gasteiger partial charge in [0.1, 0.15) is 12.3 Å². The minimum Gasteiger partial charge on any atom is -0.496 e. The molecule has 0 bridgehead atoms. The van der Waals surface area contributed by atoms with Gasteiger partial charge in [0.15, 0.2) is 5.82 Å². The summed E-state index contributed by atoms with van der Waals surface area (Å²) in [5.41, 5.74) is 0.654. The van der Waals surface area contributed by atoms with Gasteiger partial charge in [-0.2, -0.15) is 0 Å². The molecule has 7 heteroatoms. The number of methoxy groups -OCH3 is 1. The maximum atomic E-state index is 10.7. The van der Waals surface area contributed by atoms with Crippen molar-refractivity contribution in [1.82, 2.24) is 20.2 Å². The van der Waals surface area contributed by atoms with E-state index < -0.39 is 5.97 Å². The van der Waals surface area contributed by atoms with Crippen LogP contribution in [-0.4, -0.2) is 38.4 Å². The Balaban J connectivity index is 2.46. The Hall–Kier alpha value is -2.44. The maximum Gasteiger partial charge on any atom is 0.325 e. The average molecular weight is 234 g/mol. The fraction of sp³-hybridized carbons (Fsp3) is 0.200. The topological polar surface area (TPSA) is 90.1 Å². The van der Waals surface area contributed by atoms with E-state index in [1.165, 1.54) is 11.8 Å². The SMILES string of the molecule is COc1ccccc1-c1nnnn1CC(=O)O. The van der Waals surface area contributed by atoms with Gasteiger partial charge in [-0.3, -0.25) is 4.79 Å². The van der Waals surface area contributed by atoms with E-state index >= 15 is 0 Å². The molecule has 0 saturated heterocycles. The summed E-state index contributed by atoms with van der Waals surface area (Å²) in [5, 5.41) is 19.6. The third kappa shape index (κ3) is 2.22. The molecule has 0 amide bonds. The fourth-order valence-corrected chi connectivity index (χ4v) is 1.46. The third-order valence-corrected chi connectivity index (χ3v) is 2.16. The van der Waals surface area contributed by atoms with Crippen molar-refractivity contribution in [3.63, 3.8) is 0 Å². The normalized spacial score (nSPS) is 10.2. The number of carboxylic acids is 1. The second-order valence-electron chi connectivity index (χ2n) is 3.25. The summed E-state index contributed by atoms with van der Waals surface area (Å²) in [4.78, 5) is 10.7. The van der Waals surface area contributed by atoms with Gasteiger partial charge in [-0.25, -0.2) is 4.68 Å². The molecule has 0 saturated carbocycles. The zero-order valence-corrected chi connectivity index (χ0v) is 9.07. The molecule has 1 aromatic heterocycles. The molecule has 1 heterocycles. The van der Waals surface area contributed by atoms with Crippen molar-refractivity contribution in [2.45, 2.75) is 6.54 Å². The van der Waals surface area contributed by atoms with E-state index in [9.17, 15) is 4.79 Å². The molecule has 0 fully saturated rings. The molecule has 0 radical (unpaired) electrons. The highest BCUT2D eigenvalue weighted by molar-refractivity contribution is 5.69. The molecule has 2 aromatic rings. The lowest BCUT2D eigenvalue weighted by Gasteiger charge is -2.06. The Bertz CT molecular complexity index is 538. The molecule has 0 aliphatic carbocycles. The van der Waals surface area contributed by atoms with Gasteiger partial charge in [-0.05, 0) is 22.6 Å². The van der Waals surface area contributed by atoms with Crippen molar-refractivity contribution in [3.05, 3.63) is 24.3 Å². The number of aliphatic carboxylic acids is 1. The molecule has 2 rings (SSSR count). The van der Waals surface area contributed by atoms with Crippen LogP contribution in [0.5, 0.6) is 5.75 Å². The molecule has 0 unspecified atom stereocenters. The van der Waals surface area contributed by atoms with Crippen molar-refractivity contribution >= 4 is 5.97 Å². The second kappa shape index (κ2) is 4.60. The van der Waals surface area contributed by atoms with Gasteiger partial charge >= 0.3 is 5.97 Å². The van der Waals surface area contributed by atoms with Crippen molar-refractivity contribution < 1.29 is 14.6 Å². The monoisotopic (exact) mass is 234 g/mol. The summed E-state index contributed by atoms with van der Waals surface area (Å²) in [5.74, 6) is -0.0489. The number of benzene rings is 1. The maximum absolute atomic E-state index is 10.7. The van der Waals surface area contributed by atoms with E-state index in [1.807, 2.05) is 6.07 Å². The number of carbonyl (C=O) groups is 1. The number of hydrogen-bond donors (Lipinski definition) is 1. The molecule has 0 atom stereocenters. The Morgan fingerprint density at radius 1 is 1.47 bits per heavy atom. The first-order valence-corrected chi connectivity index (χ1v) is 4.83. The molecule has 0 spiro atoms. The predicted octanol–water partition coefficient (Wildman–Crippen LogP) is 0.433. The molecular formula is C10H10N4O3. The van der Waals surface area contributed by atoms with Crippen LogP contribution in [0.1, 0.15) is 0 Å². The van der Waals surface area contributed by atoms with E-state index in [0.29, 0.717) is 17.1 Å². The highest BCUT2D eigenvalue weighted by atomic mass is 16.5. The van der Waals surface area contributed by atoms with Crippen LogP contribution < -0.4 is 4.74 Å². The van der Waals surface area contributed by atoms with Gasteiger partial charge in [0.05, 0.1) is 12.7 Å². The van der Waals surface area contributed by atoms with Gasteiger partial charge in [0.25, 0.3) is 0 Å². The average Bonchev–Trinajstić information content (AvgIpc) is 2.76. The zero-order chi connectivity index (χ0) is 12.3. The Morgan fingerprint density at radius 3 is 2.94 bits per heavy atom. The molecule has 1 aromatic carbocycles. The van der Waals surface area contributed by atoms with Crippen molar-refractivity contribution in [3.8, 4) is 17.1 Å². The van der Waals surface area contributed by atoms with Gasteiger partial charge in [-0.15, -0.1) is 5.10 Å². The van der Waals surface area contributed by atoms with E-state index in [0.717, 1.165) is 0 Å². The third-order valence-electron chi connectivity index (χ3n) is 2.16. The Labute approximate surface area is 96.6 Å². The van der Waals surface area contributed by atoms with Crippen LogP contribution in [0.25, 0.3) is 11.4 Å². The minimum atomic E-state index is -1.01. The van der Waals surface area contributed by atoms with E-state index in [-0.39, 0.29) is 6.54 Å². The summed E-state index contributed by atoms with van der Waals surface area (Å²) in [6.45, 7) is -0.291. The Morgan fingerprint density at radius 2 is 2.24 bits per heavy atom. The molecule has 17 heavy (non-hydrogen) atoms. The summed E-state index contributed by atoms with van der Waals surface area (Å²) in [6, 6.07) is 7.14. The summed E-state index contributed by atoms with van der Waals surface area (Å²) in [6.07, 6.45) is 0. The second-order valence-corrected chi connectivity index (χ2v) is 3.25. The number of hydrogen-bond acceptors (Lipinski definition) is 5. The first-order chi connectivity index (χ1) is 8.22. The Kier molecular flexibility index (Phi) is 2.99. The van der Waals surface area contributed by atoms with Crippen LogP contribution >= 0.6 is 0 Å². The number of tetrazole rings is 1. The van der Waals surface area contributed by atoms with Crippen LogP contribution in [0, 0.1) is 0 Å². The summed E-state index contributed by atoms with van der Waals surface area (Å²) in [7, 11) is 1.53. The minimum absolute atomic E-state index is 0.291. The first kappa shape index (κ1) is 11.1. The van der Waals surface area contributed by atoms with Crippen LogP contribution in [-0.2, 0) is 11.3 Å². The number of aromatic nitrogens is 4. The lowest BCUT2D eigenvalue weighted by atomic mass is 10.2. The number of nitrogens with zero attached hydrogens (tertiary/aromatic N) is 4. The highest BCUT2D eigenvalue weighted by Gasteiger charge is 2.14. The zero-order valence-electron chi connectivity index (χ0n) is 9.07.